The molecular formula is C20H14ClN3OS. The van der Waals surface area contributed by atoms with Crippen LogP contribution in [-0.2, 0) is 5.75 Å². The van der Waals surface area contributed by atoms with Crippen molar-refractivity contribution in [1.82, 2.24) is 14.5 Å². The van der Waals surface area contributed by atoms with Crippen LogP contribution in [0.25, 0.3) is 16.6 Å². The smallest absolute Gasteiger partial charge is 0.266 e. The fraction of sp³-hybridized carbons (Fsp3) is 0.0500. The monoisotopic (exact) mass is 379 g/mol. The van der Waals surface area contributed by atoms with E-state index in [2.05, 4.69) is 4.98 Å². The van der Waals surface area contributed by atoms with Gasteiger partial charge in [-0.2, -0.15) is 0 Å². The van der Waals surface area contributed by atoms with Gasteiger partial charge in [0.25, 0.3) is 5.56 Å². The molecule has 2 heterocycles. The quantitative estimate of drug-likeness (QED) is 0.380. The molecule has 128 valence electrons. The maximum absolute atomic E-state index is 13.1. The van der Waals surface area contributed by atoms with Crippen molar-refractivity contribution in [1.29, 1.82) is 0 Å². The van der Waals surface area contributed by atoms with E-state index in [0.717, 1.165) is 5.69 Å². The minimum atomic E-state index is -0.132. The summed E-state index contributed by atoms with van der Waals surface area (Å²) in [5.41, 5.74) is 2.09. The summed E-state index contributed by atoms with van der Waals surface area (Å²) >= 11 is 7.83. The maximum atomic E-state index is 13.1. The summed E-state index contributed by atoms with van der Waals surface area (Å²) in [6, 6.07) is 20.4. The summed E-state index contributed by atoms with van der Waals surface area (Å²) in [7, 11) is 0. The number of pyridine rings is 1. The molecule has 4 rings (SSSR count). The van der Waals surface area contributed by atoms with Crippen molar-refractivity contribution in [2.75, 3.05) is 0 Å². The summed E-state index contributed by atoms with van der Waals surface area (Å²) in [4.78, 5) is 22.2. The van der Waals surface area contributed by atoms with Crippen molar-refractivity contribution >= 4 is 34.3 Å². The van der Waals surface area contributed by atoms with Crippen molar-refractivity contribution in [2.24, 2.45) is 0 Å². The maximum Gasteiger partial charge on any atom is 0.266 e. The number of rotatable bonds is 4. The number of hydrogen-bond acceptors (Lipinski definition) is 4. The van der Waals surface area contributed by atoms with E-state index in [1.165, 1.54) is 11.8 Å². The minimum absolute atomic E-state index is 0.132. The van der Waals surface area contributed by atoms with Gasteiger partial charge >= 0.3 is 0 Å². The molecule has 0 bridgehead atoms. The van der Waals surface area contributed by atoms with E-state index < -0.39 is 0 Å². The lowest BCUT2D eigenvalue weighted by Gasteiger charge is -2.14. The molecule has 0 saturated carbocycles. The highest BCUT2D eigenvalue weighted by atomic mass is 35.5. The Balaban J connectivity index is 1.88. The summed E-state index contributed by atoms with van der Waals surface area (Å²) < 4.78 is 1.58. The van der Waals surface area contributed by atoms with Gasteiger partial charge in [-0.3, -0.25) is 14.3 Å². The molecule has 0 amide bonds. The van der Waals surface area contributed by atoms with Gasteiger partial charge in [-0.25, -0.2) is 4.98 Å². The molecule has 0 spiro atoms. The first-order chi connectivity index (χ1) is 12.7. The van der Waals surface area contributed by atoms with E-state index >= 15 is 0 Å². The zero-order chi connectivity index (χ0) is 17.9. The SMILES string of the molecule is O=c1c2ccccc2nc(SCc2ccccn2)n1-c1ccccc1Cl. The topological polar surface area (TPSA) is 47.8 Å². The minimum Gasteiger partial charge on any atom is -0.268 e. The normalized spacial score (nSPS) is 11.0. The van der Waals surface area contributed by atoms with E-state index in [1.54, 1.807) is 22.9 Å². The third-order valence-electron chi connectivity index (χ3n) is 3.91. The molecule has 4 aromatic rings. The van der Waals surface area contributed by atoms with Gasteiger partial charge in [0.1, 0.15) is 0 Å². The molecule has 2 aromatic heterocycles. The van der Waals surface area contributed by atoms with E-state index in [1.807, 2.05) is 54.6 Å². The third-order valence-corrected chi connectivity index (χ3v) is 5.21. The predicted octanol–water partition coefficient (Wildman–Crippen LogP) is 4.73. The lowest BCUT2D eigenvalue weighted by molar-refractivity contribution is 0.819. The van der Waals surface area contributed by atoms with Gasteiger partial charge in [-0.1, -0.05) is 53.7 Å². The molecule has 0 aliphatic heterocycles. The van der Waals surface area contributed by atoms with Crippen LogP contribution >= 0.6 is 23.4 Å². The van der Waals surface area contributed by atoms with Crippen LogP contribution in [0.3, 0.4) is 0 Å². The summed E-state index contributed by atoms with van der Waals surface area (Å²) in [5.74, 6) is 0.607. The van der Waals surface area contributed by atoms with Crippen LogP contribution in [0, 0.1) is 0 Å². The van der Waals surface area contributed by atoms with Crippen molar-refractivity contribution in [3.05, 3.63) is 94.0 Å². The largest absolute Gasteiger partial charge is 0.268 e. The predicted molar refractivity (Wildman–Crippen MR) is 106 cm³/mol. The van der Waals surface area contributed by atoms with Crippen molar-refractivity contribution in [3.8, 4) is 5.69 Å². The highest BCUT2D eigenvalue weighted by molar-refractivity contribution is 7.98. The molecule has 0 aliphatic carbocycles. The van der Waals surface area contributed by atoms with Gasteiger partial charge in [0.2, 0.25) is 0 Å². The zero-order valence-electron chi connectivity index (χ0n) is 13.7. The highest BCUT2D eigenvalue weighted by Gasteiger charge is 2.15. The molecule has 0 unspecified atom stereocenters. The van der Waals surface area contributed by atoms with Gasteiger partial charge in [-0.15, -0.1) is 0 Å². The van der Waals surface area contributed by atoms with Crippen LogP contribution < -0.4 is 5.56 Å². The highest BCUT2D eigenvalue weighted by Crippen LogP contribution is 2.27. The molecule has 0 atom stereocenters. The second-order valence-electron chi connectivity index (χ2n) is 5.61. The van der Waals surface area contributed by atoms with Crippen LogP contribution in [0.15, 0.2) is 82.9 Å². The number of hydrogen-bond donors (Lipinski definition) is 0. The van der Waals surface area contributed by atoms with Crippen LogP contribution in [0.5, 0.6) is 0 Å². The standard InChI is InChI=1S/C20H14ClN3OS/c21-16-9-2-4-11-18(16)24-19(25)15-8-1-3-10-17(15)23-20(24)26-13-14-7-5-6-12-22-14/h1-12H,13H2. The second kappa shape index (κ2) is 7.32. The van der Waals surface area contributed by atoms with Gasteiger partial charge in [-0.05, 0) is 36.4 Å². The third kappa shape index (κ3) is 3.23. The van der Waals surface area contributed by atoms with Gasteiger partial charge in [0, 0.05) is 11.9 Å². The van der Waals surface area contributed by atoms with E-state index in [0.29, 0.717) is 32.5 Å². The van der Waals surface area contributed by atoms with Crippen LogP contribution in [0.1, 0.15) is 5.69 Å². The van der Waals surface area contributed by atoms with E-state index in [9.17, 15) is 4.79 Å². The van der Waals surface area contributed by atoms with E-state index in [4.69, 9.17) is 16.6 Å². The van der Waals surface area contributed by atoms with Crippen LogP contribution in [0.4, 0.5) is 0 Å². The van der Waals surface area contributed by atoms with Crippen molar-refractivity contribution in [3.63, 3.8) is 0 Å². The Labute approximate surface area is 159 Å². The molecule has 0 saturated heterocycles. The molecule has 0 aliphatic rings. The number of fused-ring (bicyclic) bond motifs is 1. The molecule has 6 heteroatoms. The Kier molecular flexibility index (Phi) is 4.73. The average Bonchev–Trinajstić information content (AvgIpc) is 2.68. The number of benzene rings is 2. The Morgan fingerprint density at radius 2 is 1.73 bits per heavy atom. The number of thioether (sulfide) groups is 1. The molecule has 0 radical (unpaired) electrons. The molecule has 26 heavy (non-hydrogen) atoms. The lowest BCUT2D eigenvalue weighted by atomic mass is 10.2. The molecule has 0 N–H and O–H groups in total. The molecule has 2 aromatic carbocycles. The first-order valence-electron chi connectivity index (χ1n) is 8.03. The summed E-state index contributed by atoms with van der Waals surface area (Å²) in [5, 5.41) is 1.66. The number of halogens is 1. The Bertz CT molecular complexity index is 1130. The number of nitrogens with zero attached hydrogens (tertiary/aromatic N) is 3. The van der Waals surface area contributed by atoms with E-state index in [-0.39, 0.29) is 5.56 Å². The first kappa shape index (κ1) is 16.8. The molecular weight excluding hydrogens is 366 g/mol. The lowest BCUT2D eigenvalue weighted by Crippen LogP contribution is -2.22. The van der Waals surface area contributed by atoms with Gasteiger partial charge in [0.15, 0.2) is 5.16 Å². The number of aromatic nitrogens is 3. The Hall–Kier alpha value is -2.63. The van der Waals surface area contributed by atoms with Crippen molar-refractivity contribution in [2.45, 2.75) is 10.9 Å². The second-order valence-corrected chi connectivity index (χ2v) is 6.96. The van der Waals surface area contributed by atoms with Crippen molar-refractivity contribution < 1.29 is 0 Å². The molecule has 0 fully saturated rings. The van der Waals surface area contributed by atoms with Gasteiger partial charge < -0.3 is 0 Å². The average molecular weight is 380 g/mol. The first-order valence-corrected chi connectivity index (χ1v) is 9.40. The Morgan fingerprint density at radius 3 is 2.54 bits per heavy atom. The summed E-state index contributed by atoms with van der Waals surface area (Å²) in [6.45, 7) is 0. The van der Waals surface area contributed by atoms with Crippen LogP contribution in [-0.4, -0.2) is 14.5 Å². The van der Waals surface area contributed by atoms with Crippen LogP contribution in [0.2, 0.25) is 5.02 Å². The fourth-order valence-electron chi connectivity index (χ4n) is 2.68. The zero-order valence-corrected chi connectivity index (χ0v) is 15.2. The number of para-hydroxylation sites is 2. The Morgan fingerprint density at radius 1 is 0.962 bits per heavy atom. The fourth-order valence-corrected chi connectivity index (χ4v) is 3.82. The van der Waals surface area contributed by atoms with Gasteiger partial charge in [0.05, 0.1) is 27.3 Å². The summed E-state index contributed by atoms with van der Waals surface area (Å²) in [6.07, 6.45) is 1.75. The molecule has 4 nitrogen and oxygen atoms in total.